The summed E-state index contributed by atoms with van der Waals surface area (Å²) in [6, 6.07) is 16.3. The van der Waals surface area contributed by atoms with Crippen molar-refractivity contribution in [2.45, 2.75) is 49.5 Å². The quantitative estimate of drug-likeness (QED) is 0.161. The van der Waals surface area contributed by atoms with Crippen LogP contribution < -0.4 is 10.0 Å². The van der Waals surface area contributed by atoms with Crippen molar-refractivity contribution in [3.63, 3.8) is 0 Å². The fourth-order valence-electron chi connectivity index (χ4n) is 3.86. The van der Waals surface area contributed by atoms with Gasteiger partial charge in [0.25, 0.3) is 10.0 Å². The van der Waals surface area contributed by atoms with E-state index in [4.69, 9.17) is 9.90 Å². The minimum Gasteiger partial charge on any atom is -0.477 e. The molecular formula is C28H30F3N5O7S. The number of aryl methyl sites for hydroxylation is 1. The smallest absolute Gasteiger partial charge is 0.477 e. The van der Waals surface area contributed by atoms with E-state index in [0.717, 1.165) is 0 Å². The lowest BCUT2D eigenvalue weighted by molar-refractivity contribution is -0.192. The SMILES string of the molecule is CC(C)(CCn1cnc2cnc(C(=O)O)cc21)NCC(O)c1cccc(NS(=O)(=O)c2ccccc2)c1.O=C(O)C(F)(F)F. The molecule has 0 saturated heterocycles. The Labute approximate surface area is 250 Å². The van der Waals surface area contributed by atoms with Gasteiger partial charge in [0.2, 0.25) is 0 Å². The van der Waals surface area contributed by atoms with Crippen molar-refractivity contribution in [3.05, 3.63) is 84.4 Å². The predicted molar refractivity (Wildman–Crippen MR) is 154 cm³/mol. The van der Waals surface area contributed by atoms with E-state index in [1.54, 1.807) is 48.8 Å². The molecule has 0 bridgehead atoms. The number of hydrogen-bond donors (Lipinski definition) is 5. The van der Waals surface area contributed by atoms with Crippen LogP contribution in [0.5, 0.6) is 0 Å². The maximum atomic E-state index is 12.6. The van der Waals surface area contributed by atoms with E-state index < -0.39 is 34.2 Å². The summed E-state index contributed by atoms with van der Waals surface area (Å²) in [5.41, 5.74) is 1.84. The normalized spacial score (nSPS) is 12.7. The van der Waals surface area contributed by atoms with Gasteiger partial charge in [0, 0.05) is 24.3 Å². The number of imidazole rings is 1. The second-order valence-corrected chi connectivity index (χ2v) is 11.9. The molecule has 2 aromatic heterocycles. The minimum absolute atomic E-state index is 0.0388. The molecule has 12 nitrogen and oxygen atoms in total. The number of benzene rings is 2. The summed E-state index contributed by atoms with van der Waals surface area (Å²) < 4.78 is 61.4. The first kappa shape index (κ1) is 34.0. The van der Waals surface area contributed by atoms with Crippen molar-refractivity contribution in [2.24, 2.45) is 0 Å². The highest BCUT2D eigenvalue weighted by Crippen LogP contribution is 2.22. The molecule has 2 heterocycles. The highest BCUT2D eigenvalue weighted by atomic mass is 32.2. The molecule has 2 aromatic carbocycles. The van der Waals surface area contributed by atoms with Gasteiger partial charge >= 0.3 is 18.1 Å². The van der Waals surface area contributed by atoms with Gasteiger partial charge in [-0.25, -0.2) is 28.0 Å². The standard InChI is InChI=1S/C26H29N5O5S.C2HF3O2/c1-26(2,11-12-31-17-28-22-15-27-21(25(33)34)14-23(22)31)29-16-24(32)18-7-6-8-19(13-18)30-37(35,36)20-9-4-3-5-10-20;3-2(4,5)1(6)7/h3-10,13-15,17,24,29-30,32H,11-12,16H2,1-2H3,(H,33,34);(H,6,7). The second-order valence-electron chi connectivity index (χ2n) is 10.2. The Morgan fingerprint density at radius 1 is 1.00 bits per heavy atom. The minimum atomic E-state index is -5.08. The highest BCUT2D eigenvalue weighted by molar-refractivity contribution is 7.92. The van der Waals surface area contributed by atoms with E-state index in [9.17, 15) is 36.6 Å². The van der Waals surface area contributed by atoms with Crippen LogP contribution in [0.2, 0.25) is 0 Å². The lowest BCUT2D eigenvalue weighted by Crippen LogP contribution is -2.42. The van der Waals surface area contributed by atoms with E-state index in [0.29, 0.717) is 35.2 Å². The molecule has 0 aliphatic rings. The number of aromatic nitrogens is 3. The molecular weight excluding hydrogens is 607 g/mol. The number of rotatable bonds is 11. The molecule has 0 saturated carbocycles. The largest absolute Gasteiger partial charge is 0.490 e. The average molecular weight is 638 g/mol. The lowest BCUT2D eigenvalue weighted by atomic mass is 9.99. The fourth-order valence-corrected chi connectivity index (χ4v) is 4.93. The zero-order valence-corrected chi connectivity index (χ0v) is 24.3. The fraction of sp³-hybridized carbons (Fsp3) is 0.286. The number of nitrogens with zero attached hydrogens (tertiary/aromatic N) is 3. The van der Waals surface area contributed by atoms with Crippen molar-refractivity contribution < 1.29 is 46.5 Å². The molecule has 1 unspecified atom stereocenters. The number of carbonyl (C=O) groups is 2. The van der Waals surface area contributed by atoms with Crippen molar-refractivity contribution in [3.8, 4) is 0 Å². The number of aliphatic carboxylic acids is 1. The van der Waals surface area contributed by atoms with E-state index in [2.05, 4.69) is 20.0 Å². The zero-order valence-electron chi connectivity index (χ0n) is 23.5. The molecule has 0 fully saturated rings. The molecule has 5 N–H and O–H groups in total. The molecule has 4 rings (SSSR count). The Hall–Kier alpha value is -4.54. The Bertz CT molecular complexity index is 1710. The predicted octanol–water partition coefficient (Wildman–Crippen LogP) is 4.06. The number of nitrogens with one attached hydrogen (secondary N) is 2. The number of sulfonamides is 1. The summed E-state index contributed by atoms with van der Waals surface area (Å²) in [5.74, 6) is -3.85. The Morgan fingerprint density at radius 3 is 2.27 bits per heavy atom. The van der Waals surface area contributed by atoms with Crippen LogP contribution in [-0.2, 0) is 21.4 Å². The van der Waals surface area contributed by atoms with Gasteiger partial charge in [-0.1, -0.05) is 30.3 Å². The molecule has 236 valence electrons. The molecule has 0 radical (unpaired) electrons. The molecule has 0 aliphatic carbocycles. The van der Waals surface area contributed by atoms with Crippen molar-refractivity contribution in [1.82, 2.24) is 19.9 Å². The van der Waals surface area contributed by atoms with Crippen molar-refractivity contribution in [2.75, 3.05) is 11.3 Å². The molecule has 4 aromatic rings. The van der Waals surface area contributed by atoms with Crippen LogP contribution in [0.3, 0.4) is 0 Å². The van der Waals surface area contributed by atoms with E-state index in [1.807, 2.05) is 18.4 Å². The van der Waals surface area contributed by atoms with Crippen molar-refractivity contribution >= 4 is 38.7 Å². The van der Waals surface area contributed by atoms with Crippen LogP contribution in [0.25, 0.3) is 11.0 Å². The zero-order chi connectivity index (χ0) is 32.7. The maximum Gasteiger partial charge on any atom is 0.490 e. The van der Waals surface area contributed by atoms with Gasteiger partial charge < -0.3 is 25.2 Å². The Morgan fingerprint density at radius 2 is 1.66 bits per heavy atom. The Balaban J connectivity index is 0.000000676. The first-order valence-corrected chi connectivity index (χ1v) is 14.4. The second kappa shape index (κ2) is 13.8. The lowest BCUT2D eigenvalue weighted by Gasteiger charge is -2.28. The number of halogens is 3. The molecule has 16 heteroatoms. The number of aromatic carboxylic acids is 1. The number of anilines is 1. The summed E-state index contributed by atoms with van der Waals surface area (Å²) in [6.45, 7) is 4.84. The van der Waals surface area contributed by atoms with Crippen LogP contribution in [-0.4, -0.2) is 68.5 Å². The van der Waals surface area contributed by atoms with E-state index in [-0.39, 0.29) is 22.7 Å². The highest BCUT2D eigenvalue weighted by Gasteiger charge is 2.38. The first-order chi connectivity index (χ1) is 20.5. The van der Waals surface area contributed by atoms with Crippen molar-refractivity contribution in [1.29, 1.82) is 0 Å². The summed E-state index contributed by atoms with van der Waals surface area (Å²) in [7, 11) is -3.73. The van der Waals surface area contributed by atoms with Gasteiger partial charge in [-0.3, -0.25) is 4.72 Å². The number of pyridine rings is 1. The summed E-state index contributed by atoms with van der Waals surface area (Å²) in [4.78, 5) is 28.5. The van der Waals surface area contributed by atoms with Crippen LogP contribution in [0.15, 0.2) is 78.1 Å². The first-order valence-electron chi connectivity index (χ1n) is 12.9. The number of hydrogen-bond acceptors (Lipinski definition) is 8. The van der Waals surface area contributed by atoms with Gasteiger partial charge in [-0.15, -0.1) is 0 Å². The van der Waals surface area contributed by atoms with Gasteiger partial charge in [0.1, 0.15) is 11.2 Å². The van der Waals surface area contributed by atoms with Crippen LogP contribution in [0.4, 0.5) is 18.9 Å². The number of β-amino-alcohol motifs (C(OH)–C–C–N with tert-alkyl or cyclic N) is 1. The van der Waals surface area contributed by atoms with E-state index in [1.165, 1.54) is 24.4 Å². The molecule has 0 amide bonds. The number of carboxylic acids is 2. The third-order valence-corrected chi connectivity index (χ3v) is 7.70. The average Bonchev–Trinajstić information content (AvgIpc) is 3.37. The number of aliphatic hydroxyl groups is 1. The molecule has 0 spiro atoms. The molecule has 44 heavy (non-hydrogen) atoms. The molecule has 0 aliphatic heterocycles. The summed E-state index contributed by atoms with van der Waals surface area (Å²) in [6.07, 6.45) is -2.17. The number of fused-ring (bicyclic) bond motifs is 1. The Kier molecular flexibility index (Phi) is 10.7. The van der Waals surface area contributed by atoms with E-state index >= 15 is 0 Å². The van der Waals surface area contributed by atoms with Crippen LogP contribution >= 0.6 is 0 Å². The van der Waals surface area contributed by atoms with Gasteiger partial charge in [0.15, 0.2) is 0 Å². The van der Waals surface area contributed by atoms with Gasteiger partial charge in [0.05, 0.1) is 29.0 Å². The van der Waals surface area contributed by atoms with Gasteiger partial charge in [-0.2, -0.15) is 13.2 Å². The number of carboxylic acid groups (broad SMARTS) is 2. The maximum absolute atomic E-state index is 12.6. The third kappa shape index (κ3) is 9.48. The number of alkyl halides is 3. The topological polar surface area (TPSA) is 184 Å². The van der Waals surface area contributed by atoms with Gasteiger partial charge in [-0.05, 0) is 56.2 Å². The van der Waals surface area contributed by atoms with Crippen LogP contribution in [0, 0.1) is 0 Å². The van der Waals surface area contributed by atoms with Crippen LogP contribution in [0.1, 0.15) is 42.4 Å². The number of aliphatic hydroxyl groups excluding tert-OH is 1. The summed E-state index contributed by atoms with van der Waals surface area (Å²) in [5, 5.41) is 30.5. The monoisotopic (exact) mass is 637 g/mol. The third-order valence-electron chi connectivity index (χ3n) is 6.30. The summed E-state index contributed by atoms with van der Waals surface area (Å²) >= 11 is 0. The molecule has 1 atom stereocenters.